The summed E-state index contributed by atoms with van der Waals surface area (Å²) in [5, 5.41) is 16.6. The van der Waals surface area contributed by atoms with Crippen LogP contribution in [0.3, 0.4) is 0 Å². The molecule has 5 rings (SSSR count). The maximum absolute atomic E-state index is 15.4. The minimum Gasteiger partial charge on any atom is -0.434 e. The van der Waals surface area contributed by atoms with E-state index in [9.17, 15) is 10.1 Å². The van der Waals surface area contributed by atoms with Crippen LogP contribution in [-0.4, -0.2) is 46.6 Å². The summed E-state index contributed by atoms with van der Waals surface area (Å²) in [7, 11) is 0. The first kappa shape index (κ1) is 24.2. The van der Waals surface area contributed by atoms with Crippen LogP contribution in [0.1, 0.15) is 29.4 Å². The molecule has 10 heteroatoms. The fourth-order valence-electron chi connectivity index (χ4n) is 4.49. The number of hydrogen-bond acceptors (Lipinski definition) is 8. The van der Waals surface area contributed by atoms with Gasteiger partial charge in [-0.15, -0.1) is 0 Å². The van der Waals surface area contributed by atoms with Gasteiger partial charge in [0.15, 0.2) is 22.9 Å². The molecule has 37 heavy (non-hydrogen) atoms. The summed E-state index contributed by atoms with van der Waals surface area (Å²) in [5.74, 6) is -0.686. The Bertz CT molecular complexity index is 1500. The van der Waals surface area contributed by atoms with Crippen molar-refractivity contribution in [3.8, 4) is 17.7 Å². The van der Waals surface area contributed by atoms with E-state index in [0.717, 1.165) is 37.6 Å². The van der Waals surface area contributed by atoms with Crippen LogP contribution < -0.4 is 20.3 Å². The Kier molecular flexibility index (Phi) is 6.70. The number of piperazine rings is 1. The van der Waals surface area contributed by atoms with Crippen LogP contribution in [0.5, 0.6) is 11.6 Å². The van der Waals surface area contributed by atoms with Crippen molar-refractivity contribution in [2.45, 2.75) is 20.3 Å². The Morgan fingerprint density at radius 3 is 2.65 bits per heavy atom. The van der Waals surface area contributed by atoms with Crippen LogP contribution >= 0.6 is 0 Å². The van der Waals surface area contributed by atoms with Gasteiger partial charge in [0, 0.05) is 55.1 Å². The Hall–Kier alpha value is -4.49. The average Bonchev–Trinajstić information content (AvgIpc) is 3.27. The third-order valence-corrected chi connectivity index (χ3v) is 6.36. The van der Waals surface area contributed by atoms with E-state index in [2.05, 4.69) is 31.6 Å². The molecule has 0 unspecified atom stereocenters. The van der Waals surface area contributed by atoms with E-state index < -0.39 is 5.82 Å². The maximum atomic E-state index is 15.4. The van der Waals surface area contributed by atoms with Crippen molar-refractivity contribution in [2.24, 2.45) is 0 Å². The molecular weight excluding hydrogens is 473 g/mol. The van der Waals surface area contributed by atoms with E-state index in [0.29, 0.717) is 17.6 Å². The Morgan fingerprint density at radius 2 is 1.95 bits per heavy atom. The van der Waals surface area contributed by atoms with E-state index in [1.165, 1.54) is 17.0 Å². The van der Waals surface area contributed by atoms with Gasteiger partial charge in [0.2, 0.25) is 11.8 Å². The number of aryl methyl sites for hydroxylation is 1. The van der Waals surface area contributed by atoms with E-state index >= 15 is 4.39 Å². The number of aromatic nitrogens is 3. The SMILES string of the molecule is CCC(=O)n1c(C)cc2c(F)c(Oc3ncnc(Nc4ccc(N5CCNCC5)cc4)c3C#N)ccc21. The number of halogens is 1. The number of nitriles is 1. The first-order valence-corrected chi connectivity index (χ1v) is 12.1. The third kappa shape index (κ3) is 4.69. The highest BCUT2D eigenvalue weighted by molar-refractivity contribution is 5.94. The quantitative estimate of drug-likeness (QED) is 0.391. The number of carbonyl (C=O) groups excluding carboxylic acids is 1. The van der Waals surface area contributed by atoms with Gasteiger partial charge in [-0.1, -0.05) is 6.92 Å². The van der Waals surface area contributed by atoms with E-state index in [-0.39, 0.29) is 34.3 Å². The zero-order chi connectivity index (χ0) is 25.9. The smallest absolute Gasteiger partial charge is 0.242 e. The van der Waals surface area contributed by atoms with Gasteiger partial charge in [-0.05, 0) is 49.4 Å². The van der Waals surface area contributed by atoms with Crippen molar-refractivity contribution < 1.29 is 13.9 Å². The lowest BCUT2D eigenvalue weighted by Crippen LogP contribution is -2.43. The summed E-state index contributed by atoms with van der Waals surface area (Å²) in [6.07, 6.45) is 1.55. The predicted molar refractivity (Wildman–Crippen MR) is 139 cm³/mol. The minimum atomic E-state index is -0.635. The number of rotatable bonds is 6. The van der Waals surface area contributed by atoms with Crippen LogP contribution in [-0.2, 0) is 0 Å². The van der Waals surface area contributed by atoms with Gasteiger partial charge in [0.1, 0.15) is 12.4 Å². The van der Waals surface area contributed by atoms with Crippen LogP contribution in [0.15, 0.2) is 48.8 Å². The topological polar surface area (TPSA) is 108 Å². The van der Waals surface area contributed by atoms with Crippen LogP contribution in [0.25, 0.3) is 10.9 Å². The molecule has 3 heterocycles. The molecule has 4 aromatic rings. The number of nitrogens with zero attached hydrogens (tertiary/aromatic N) is 5. The van der Waals surface area contributed by atoms with Crippen molar-refractivity contribution in [1.29, 1.82) is 5.26 Å². The molecule has 0 atom stereocenters. The number of ether oxygens (including phenoxy) is 1. The number of anilines is 3. The summed E-state index contributed by atoms with van der Waals surface area (Å²) < 4.78 is 22.6. The molecular formula is C27H26FN7O2. The molecule has 0 bridgehead atoms. The van der Waals surface area contributed by atoms with Crippen molar-refractivity contribution >= 4 is 34.0 Å². The largest absolute Gasteiger partial charge is 0.434 e. The molecule has 0 spiro atoms. The predicted octanol–water partition coefficient (Wildman–Crippen LogP) is 4.75. The Labute approximate surface area is 213 Å². The van der Waals surface area contributed by atoms with E-state index in [1.54, 1.807) is 26.0 Å². The first-order chi connectivity index (χ1) is 18.0. The minimum absolute atomic E-state index is 0.0445. The summed E-state index contributed by atoms with van der Waals surface area (Å²) in [5.41, 5.74) is 3.00. The van der Waals surface area contributed by atoms with E-state index in [1.807, 2.05) is 24.3 Å². The molecule has 9 nitrogen and oxygen atoms in total. The van der Waals surface area contributed by atoms with Crippen LogP contribution in [0.4, 0.5) is 21.6 Å². The third-order valence-electron chi connectivity index (χ3n) is 6.36. The van der Waals surface area contributed by atoms with Gasteiger partial charge >= 0.3 is 0 Å². The van der Waals surface area contributed by atoms with Crippen LogP contribution in [0.2, 0.25) is 0 Å². The van der Waals surface area contributed by atoms with Crippen LogP contribution in [0, 0.1) is 24.1 Å². The van der Waals surface area contributed by atoms with Gasteiger partial charge in [0.05, 0.1) is 5.52 Å². The molecule has 1 saturated heterocycles. The molecule has 2 N–H and O–H groups in total. The molecule has 188 valence electrons. The molecule has 0 amide bonds. The van der Waals surface area contributed by atoms with Gasteiger partial charge in [-0.3, -0.25) is 9.36 Å². The van der Waals surface area contributed by atoms with E-state index in [4.69, 9.17) is 4.74 Å². The Balaban J connectivity index is 1.41. The van der Waals surface area contributed by atoms with Crippen molar-refractivity contribution in [3.63, 3.8) is 0 Å². The van der Waals surface area contributed by atoms with Gasteiger partial charge in [0.25, 0.3) is 0 Å². The Morgan fingerprint density at radius 1 is 1.19 bits per heavy atom. The summed E-state index contributed by atoms with van der Waals surface area (Å²) in [4.78, 5) is 22.9. The monoisotopic (exact) mass is 499 g/mol. The zero-order valence-corrected chi connectivity index (χ0v) is 20.6. The number of nitrogens with one attached hydrogen (secondary N) is 2. The highest BCUT2D eigenvalue weighted by atomic mass is 19.1. The fourth-order valence-corrected chi connectivity index (χ4v) is 4.49. The highest BCUT2D eigenvalue weighted by Gasteiger charge is 2.20. The number of benzene rings is 2. The van der Waals surface area contributed by atoms with Gasteiger partial charge in [-0.25, -0.2) is 14.4 Å². The summed E-state index contributed by atoms with van der Waals surface area (Å²) in [6.45, 7) is 7.29. The summed E-state index contributed by atoms with van der Waals surface area (Å²) in [6, 6.07) is 14.6. The number of hydrogen-bond donors (Lipinski definition) is 2. The maximum Gasteiger partial charge on any atom is 0.242 e. The summed E-state index contributed by atoms with van der Waals surface area (Å²) >= 11 is 0. The molecule has 1 aliphatic heterocycles. The molecule has 0 radical (unpaired) electrons. The van der Waals surface area contributed by atoms with Gasteiger partial charge < -0.3 is 20.3 Å². The fraction of sp³-hybridized carbons (Fsp3) is 0.259. The molecule has 0 aliphatic carbocycles. The van der Waals surface area contributed by atoms with Crippen molar-refractivity contribution in [2.75, 3.05) is 36.4 Å². The second-order valence-corrected chi connectivity index (χ2v) is 8.70. The average molecular weight is 500 g/mol. The van der Waals surface area contributed by atoms with Gasteiger partial charge in [-0.2, -0.15) is 5.26 Å². The van der Waals surface area contributed by atoms with Crippen molar-refractivity contribution in [1.82, 2.24) is 19.9 Å². The molecule has 2 aromatic carbocycles. The number of carbonyl (C=O) groups is 1. The highest BCUT2D eigenvalue weighted by Crippen LogP contribution is 2.34. The normalized spacial score (nSPS) is 13.4. The standard InChI is InChI=1S/C27H26FN7O2/c1-3-24(36)35-17(2)14-20-22(35)8-9-23(25(20)28)37-27-21(15-29)26(31-16-32-27)33-18-4-6-19(7-5-18)34-12-10-30-11-13-34/h4-9,14,16,30H,3,10-13H2,1-2H3,(H,31,32,33). The second-order valence-electron chi connectivity index (χ2n) is 8.70. The first-order valence-electron chi connectivity index (χ1n) is 12.1. The lowest BCUT2D eigenvalue weighted by atomic mass is 10.2. The lowest BCUT2D eigenvalue weighted by molar-refractivity contribution is 0.0912. The lowest BCUT2D eigenvalue weighted by Gasteiger charge is -2.29. The zero-order valence-electron chi connectivity index (χ0n) is 20.6. The van der Waals surface area contributed by atoms with Crippen molar-refractivity contribution in [3.05, 3.63) is 65.9 Å². The molecule has 1 aliphatic rings. The second kappa shape index (κ2) is 10.2. The molecule has 0 saturated carbocycles. The number of fused-ring (bicyclic) bond motifs is 1. The molecule has 1 fully saturated rings. The molecule has 2 aromatic heterocycles.